The van der Waals surface area contributed by atoms with Crippen LogP contribution in [0.25, 0.3) is 71.6 Å². The topological polar surface area (TPSA) is 4.93 Å². The van der Waals surface area contributed by atoms with Gasteiger partial charge in [0.25, 0.3) is 0 Å². The molecule has 0 bridgehead atoms. The van der Waals surface area contributed by atoms with Gasteiger partial charge in [-0.25, -0.2) is 0 Å². The van der Waals surface area contributed by atoms with Gasteiger partial charge in [-0.05, 0) is 97.7 Å². The third kappa shape index (κ3) is 3.59. The summed E-state index contributed by atoms with van der Waals surface area (Å²) in [4.78, 5) is 0. The van der Waals surface area contributed by atoms with Crippen molar-refractivity contribution in [3.05, 3.63) is 163 Å². The van der Waals surface area contributed by atoms with Gasteiger partial charge in [-0.15, -0.1) is 0 Å². The van der Waals surface area contributed by atoms with E-state index < -0.39 is 0 Å². The highest BCUT2D eigenvalue weighted by atomic mass is 15.0. The monoisotopic (exact) mass is 561 g/mol. The van der Waals surface area contributed by atoms with Crippen LogP contribution >= 0.6 is 0 Å². The van der Waals surface area contributed by atoms with Gasteiger partial charge in [0.1, 0.15) is 0 Å². The maximum atomic E-state index is 2.49. The molecular formula is C43H31N. The Morgan fingerprint density at radius 1 is 0.455 bits per heavy atom. The molecule has 1 heteroatoms. The van der Waals surface area contributed by atoms with E-state index in [2.05, 4.69) is 170 Å². The van der Waals surface area contributed by atoms with Gasteiger partial charge in [0, 0.05) is 21.9 Å². The fraction of sp³-hybridized carbons (Fsp3) is 0.0698. The molecule has 0 aliphatic heterocycles. The molecule has 0 fully saturated rings. The molecule has 0 N–H and O–H groups in total. The molecule has 0 saturated heterocycles. The second kappa shape index (κ2) is 9.30. The van der Waals surface area contributed by atoms with Crippen molar-refractivity contribution in [2.24, 2.45) is 0 Å². The highest BCUT2D eigenvalue weighted by molar-refractivity contribution is 6.15. The van der Waals surface area contributed by atoms with E-state index in [1.807, 2.05) is 0 Å². The summed E-state index contributed by atoms with van der Waals surface area (Å²) in [5.74, 6) is 0. The Balaban J connectivity index is 1.36. The number of hydrogen-bond acceptors (Lipinski definition) is 0. The SMILES string of the molecule is CC1(C)c2cc3ccccc3cc2-c2ccc3c(c21)c1ccccc1n3-c1cc(-c2ccccc2)cc(-c2ccccc2)c1. The van der Waals surface area contributed by atoms with Crippen LogP contribution in [0.4, 0.5) is 0 Å². The van der Waals surface area contributed by atoms with Crippen molar-refractivity contribution in [3.63, 3.8) is 0 Å². The standard InChI is InChI=1S/C43H31N/c1-43(2)38-27-31-18-10-9-17-30(31)26-37(38)35-21-22-40-41(42(35)43)36-19-11-12-20-39(36)44(40)34-24-32(28-13-5-3-6-14-28)23-33(25-34)29-15-7-4-8-16-29/h3-27H,1-2H3. The second-order valence-electron chi connectivity index (χ2n) is 12.6. The summed E-state index contributed by atoms with van der Waals surface area (Å²) in [5, 5.41) is 5.26. The van der Waals surface area contributed by atoms with Crippen molar-refractivity contribution >= 4 is 32.6 Å². The third-order valence-electron chi connectivity index (χ3n) is 9.70. The molecule has 1 aliphatic rings. The molecule has 44 heavy (non-hydrogen) atoms. The molecule has 0 radical (unpaired) electrons. The molecular weight excluding hydrogens is 530 g/mol. The van der Waals surface area contributed by atoms with Gasteiger partial charge in [-0.2, -0.15) is 0 Å². The van der Waals surface area contributed by atoms with Crippen LogP contribution in [0.15, 0.2) is 152 Å². The summed E-state index contributed by atoms with van der Waals surface area (Å²) < 4.78 is 2.49. The molecule has 0 atom stereocenters. The van der Waals surface area contributed by atoms with Crippen LogP contribution in [0.2, 0.25) is 0 Å². The molecule has 0 amide bonds. The Labute approximate surface area is 257 Å². The number of nitrogens with zero attached hydrogens (tertiary/aromatic N) is 1. The normalized spacial score (nSPS) is 13.4. The molecule has 1 aromatic heterocycles. The minimum atomic E-state index is -0.135. The number of rotatable bonds is 3. The molecule has 9 rings (SSSR count). The Kier molecular flexibility index (Phi) is 5.31. The largest absolute Gasteiger partial charge is 0.309 e. The van der Waals surface area contributed by atoms with Crippen LogP contribution in [0.1, 0.15) is 25.0 Å². The average molecular weight is 562 g/mol. The zero-order valence-corrected chi connectivity index (χ0v) is 24.9. The first-order chi connectivity index (χ1) is 21.6. The van der Waals surface area contributed by atoms with E-state index in [4.69, 9.17) is 0 Å². The van der Waals surface area contributed by atoms with E-state index >= 15 is 0 Å². The number of benzene rings is 7. The fourth-order valence-corrected chi connectivity index (χ4v) is 7.66. The van der Waals surface area contributed by atoms with Crippen LogP contribution in [0.5, 0.6) is 0 Å². The van der Waals surface area contributed by atoms with Crippen LogP contribution in [-0.4, -0.2) is 4.57 Å². The van der Waals surface area contributed by atoms with Crippen molar-refractivity contribution in [3.8, 4) is 39.1 Å². The van der Waals surface area contributed by atoms with Crippen LogP contribution in [0.3, 0.4) is 0 Å². The maximum Gasteiger partial charge on any atom is 0.0544 e. The van der Waals surface area contributed by atoms with Crippen LogP contribution < -0.4 is 0 Å². The van der Waals surface area contributed by atoms with Crippen LogP contribution in [-0.2, 0) is 5.41 Å². The minimum Gasteiger partial charge on any atom is -0.309 e. The Morgan fingerprint density at radius 2 is 1.05 bits per heavy atom. The highest BCUT2D eigenvalue weighted by Gasteiger charge is 2.38. The van der Waals surface area contributed by atoms with Gasteiger partial charge in [-0.3, -0.25) is 0 Å². The molecule has 0 spiro atoms. The first kappa shape index (κ1) is 25.1. The Hall–Kier alpha value is -5.40. The lowest BCUT2D eigenvalue weighted by Gasteiger charge is -2.23. The summed E-state index contributed by atoms with van der Waals surface area (Å²) in [6.07, 6.45) is 0. The lowest BCUT2D eigenvalue weighted by Crippen LogP contribution is -2.15. The number of hydrogen-bond donors (Lipinski definition) is 0. The van der Waals surface area contributed by atoms with Crippen molar-refractivity contribution in [1.29, 1.82) is 0 Å². The molecule has 1 heterocycles. The molecule has 0 unspecified atom stereocenters. The van der Waals surface area contributed by atoms with E-state index in [9.17, 15) is 0 Å². The van der Waals surface area contributed by atoms with E-state index in [1.54, 1.807) is 0 Å². The molecule has 208 valence electrons. The van der Waals surface area contributed by atoms with E-state index in [0.717, 1.165) is 0 Å². The Morgan fingerprint density at radius 3 is 1.73 bits per heavy atom. The number of fused-ring (bicyclic) bond motifs is 8. The first-order valence-corrected chi connectivity index (χ1v) is 15.4. The lowest BCUT2D eigenvalue weighted by molar-refractivity contribution is 0.667. The molecule has 1 nitrogen and oxygen atoms in total. The zero-order chi connectivity index (χ0) is 29.4. The third-order valence-corrected chi connectivity index (χ3v) is 9.70. The predicted molar refractivity (Wildman–Crippen MR) is 187 cm³/mol. The fourth-order valence-electron chi connectivity index (χ4n) is 7.66. The van der Waals surface area contributed by atoms with E-state index in [1.165, 1.54) is 82.8 Å². The molecule has 8 aromatic rings. The summed E-state index contributed by atoms with van der Waals surface area (Å²) in [5.41, 5.74) is 14.0. The van der Waals surface area contributed by atoms with E-state index in [-0.39, 0.29) is 5.41 Å². The zero-order valence-electron chi connectivity index (χ0n) is 24.9. The lowest BCUT2D eigenvalue weighted by atomic mass is 9.80. The number of aromatic nitrogens is 1. The van der Waals surface area contributed by atoms with Gasteiger partial charge < -0.3 is 4.57 Å². The molecule has 0 saturated carbocycles. The second-order valence-corrected chi connectivity index (χ2v) is 12.6. The quantitative estimate of drug-likeness (QED) is 0.202. The summed E-state index contributed by atoms with van der Waals surface area (Å²) in [6.45, 7) is 4.81. The smallest absolute Gasteiger partial charge is 0.0544 e. The number of para-hydroxylation sites is 1. The van der Waals surface area contributed by atoms with Gasteiger partial charge >= 0.3 is 0 Å². The highest BCUT2D eigenvalue weighted by Crippen LogP contribution is 2.54. The van der Waals surface area contributed by atoms with Gasteiger partial charge in [0.05, 0.1) is 11.0 Å². The van der Waals surface area contributed by atoms with Crippen molar-refractivity contribution in [1.82, 2.24) is 4.57 Å². The van der Waals surface area contributed by atoms with Crippen molar-refractivity contribution < 1.29 is 0 Å². The van der Waals surface area contributed by atoms with E-state index in [0.29, 0.717) is 0 Å². The molecule has 1 aliphatic carbocycles. The van der Waals surface area contributed by atoms with Crippen molar-refractivity contribution in [2.75, 3.05) is 0 Å². The van der Waals surface area contributed by atoms with Gasteiger partial charge in [-0.1, -0.05) is 123 Å². The summed E-state index contributed by atoms with van der Waals surface area (Å²) in [7, 11) is 0. The van der Waals surface area contributed by atoms with Crippen LogP contribution in [0, 0.1) is 0 Å². The maximum absolute atomic E-state index is 2.49. The van der Waals surface area contributed by atoms with Gasteiger partial charge in [0.15, 0.2) is 0 Å². The Bertz CT molecular complexity index is 2330. The molecule has 7 aromatic carbocycles. The van der Waals surface area contributed by atoms with Gasteiger partial charge in [0.2, 0.25) is 0 Å². The first-order valence-electron chi connectivity index (χ1n) is 15.4. The predicted octanol–water partition coefficient (Wildman–Crippen LogP) is 11.6. The summed E-state index contributed by atoms with van der Waals surface area (Å²) >= 11 is 0. The van der Waals surface area contributed by atoms with Crippen molar-refractivity contribution in [2.45, 2.75) is 19.3 Å². The summed E-state index contributed by atoms with van der Waals surface area (Å²) in [6, 6.07) is 55.7. The minimum absolute atomic E-state index is 0.135. The average Bonchev–Trinajstić information content (AvgIpc) is 3.52.